The first-order valence-electron chi connectivity index (χ1n) is 8.73. The van der Waals surface area contributed by atoms with Crippen molar-refractivity contribution in [1.29, 1.82) is 0 Å². The molecule has 1 atom stereocenters. The van der Waals surface area contributed by atoms with Crippen molar-refractivity contribution in [2.75, 3.05) is 37.0 Å². The number of urea groups is 1. The molecule has 0 aliphatic carbocycles. The first kappa shape index (κ1) is 19.5. The number of methoxy groups -OCH3 is 1. The van der Waals surface area contributed by atoms with Crippen LogP contribution in [0.1, 0.15) is 21.7 Å². The molecule has 1 spiro atoms. The highest BCUT2D eigenvalue weighted by Crippen LogP contribution is 2.47. The predicted octanol–water partition coefficient (Wildman–Crippen LogP) is 3.26. The van der Waals surface area contributed by atoms with Crippen LogP contribution in [0.15, 0.2) is 24.4 Å². The lowest BCUT2D eigenvalue weighted by Crippen LogP contribution is -2.41. The molecule has 1 fully saturated rings. The van der Waals surface area contributed by atoms with Crippen LogP contribution in [-0.2, 0) is 10.2 Å². The Kier molecular flexibility index (Phi) is 4.83. The molecule has 0 radical (unpaired) electrons. The predicted molar refractivity (Wildman–Crippen MR) is 107 cm³/mol. The van der Waals surface area contributed by atoms with Gasteiger partial charge in [-0.1, -0.05) is 22.9 Å². The number of carbonyl (C=O) groups is 3. The van der Waals surface area contributed by atoms with E-state index in [4.69, 9.17) is 21.4 Å². The number of aromatic nitrogens is 1. The number of hydrogen-bond acceptors (Lipinski definition) is 6. The van der Waals surface area contributed by atoms with Crippen LogP contribution in [0.4, 0.5) is 20.4 Å². The quantitative estimate of drug-likeness (QED) is 0.747. The number of likely N-dealkylation sites (tertiary alicyclic amines) is 1. The zero-order valence-electron chi connectivity index (χ0n) is 15.3. The number of rotatable bonds is 2. The Morgan fingerprint density at radius 2 is 2.14 bits per heavy atom. The van der Waals surface area contributed by atoms with Crippen molar-refractivity contribution < 1.29 is 24.2 Å². The Bertz CT molecular complexity index is 1010. The van der Waals surface area contributed by atoms with Gasteiger partial charge in [0.25, 0.3) is 0 Å². The van der Waals surface area contributed by atoms with Crippen LogP contribution in [0.2, 0.25) is 5.02 Å². The molecule has 1 saturated heterocycles. The van der Waals surface area contributed by atoms with Crippen LogP contribution in [0, 0.1) is 0 Å². The van der Waals surface area contributed by atoms with Gasteiger partial charge in [-0.15, -0.1) is 0 Å². The van der Waals surface area contributed by atoms with Crippen LogP contribution in [0.3, 0.4) is 0 Å². The van der Waals surface area contributed by atoms with E-state index >= 15 is 0 Å². The molecule has 0 bridgehead atoms. The molecular weight excluding hydrogens is 420 g/mol. The summed E-state index contributed by atoms with van der Waals surface area (Å²) < 4.78 is 4.84. The zero-order chi connectivity index (χ0) is 20.8. The number of anilines is 2. The first-order valence-corrected chi connectivity index (χ1v) is 9.93. The van der Waals surface area contributed by atoms with Crippen LogP contribution < -0.4 is 10.2 Å². The molecule has 2 aromatic rings. The fraction of sp³-hybridized carbons (Fsp3) is 0.333. The third-order valence-corrected chi connectivity index (χ3v) is 6.38. The Hall–Kier alpha value is -2.85. The standard InChI is InChI=1S/C18H17ClN4O5S/c1-28-17(27)22-5-4-18(8-22)9-23(12-3-2-10(19)6-11(12)18)16(26)21-15-20-7-13(29-15)14(24)25/h2-3,6-7H,4-5,8-9H2,1H3,(H,24,25)(H,20,21,26). The van der Waals surface area contributed by atoms with Crippen molar-refractivity contribution in [1.82, 2.24) is 9.88 Å². The number of hydrogen-bond donors (Lipinski definition) is 2. The maximum Gasteiger partial charge on any atom is 0.409 e. The van der Waals surface area contributed by atoms with E-state index in [9.17, 15) is 14.4 Å². The van der Waals surface area contributed by atoms with Gasteiger partial charge in [0.05, 0.1) is 13.3 Å². The summed E-state index contributed by atoms with van der Waals surface area (Å²) in [6.45, 7) is 1.29. The number of fused-ring (bicyclic) bond motifs is 2. The van der Waals surface area contributed by atoms with E-state index in [0.717, 1.165) is 16.9 Å². The molecule has 11 heteroatoms. The average molecular weight is 437 g/mol. The number of carboxylic acid groups (broad SMARTS) is 1. The van der Waals surface area contributed by atoms with Crippen molar-refractivity contribution in [2.24, 2.45) is 0 Å². The zero-order valence-corrected chi connectivity index (χ0v) is 16.9. The third-order valence-electron chi connectivity index (χ3n) is 5.24. The van der Waals surface area contributed by atoms with E-state index in [2.05, 4.69) is 10.3 Å². The minimum atomic E-state index is -1.10. The minimum Gasteiger partial charge on any atom is -0.477 e. The van der Waals surface area contributed by atoms with Crippen molar-refractivity contribution in [3.63, 3.8) is 0 Å². The summed E-state index contributed by atoms with van der Waals surface area (Å²) >= 11 is 7.10. The van der Waals surface area contributed by atoms with Crippen molar-refractivity contribution in [2.45, 2.75) is 11.8 Å². The van der Waals surface area contributed by atoms with E-state index in [1.165, 1.54) is 13.3 Å². The molecule has 3 amide bonds. The highest BCUT2D eigenvalue weighted by Gasteiger charge is 2.50. The minimum absolute atomic E-state index is 0.0369. The number of thiazole rings is 1. The Morgan fingerprint density at radius 1 is 1.34 bits per heavy atom. The average Bonchev–Trinajstić information content (AvgIpc) is 3.40. The summed E-state index contributed by atoms with van der Waals surface area (Å²) in [5, 5.41) is 12.4. The Morgan fingerprint density at radius 3 is 2.83 bits per heavy atom. The van der Waals surface area contributed by atoms with Gasteiger partial charge in [-0.25, -0.2) is 19.4 Å². The highest BCUT2D eigenvalue weighted by molar-refractivity contribution is 7.17. The second-order valence-electron chi connectivity index (χ2n) is 6.93. The van der Waals surface area contributed by atoms with Gasteiger partial charge < -0.3 is 14.7 Å². The molecular formula is C18H17ClN4O5S. The molecule has 1 unspecified atom stereocenters. The van der Waals surface area contributed by atoms with E-state index < -0.39 is 23.5 Å². The summed E-state index contributed by atoms with van der Waals surface area (Å²) in [5.74, 6) is -1.10. The lowest BCUT2D eigenvalue weighted by molar-refractivity contribution is 0.0701. The normalized spacial score (nSPS) is 20.1. The second-order valence-corrected chi connectivity index (χ2v) is 8.40. The van der Waals surface area contributed by atoms with Crippen molar-refractivity contribution in [3.05, 3.63) is 39.9 Å². The van der Waals surface area contributed by atoms with E-state index in [1.54, 1.807) is 21.9 Å². The topological polar surface area (TPSA) is 112 Å². The lowest BCUT2D eigenvalue weighted by atomic mass is 9.81. The van der Waals surface area contributed by atoms with Crippen LogP contribution in [0.25, 0.3) is 0 Å². The van der Waals surface area contributed by atoms with Crippen LogP contribution in [-0.4, -0.2) is 59.8 Å². The molecule has 9 nitrogen and oxygen atoms in total. The van der Waals surface area contributed by atoms with Gasteiger partial charge in [-0.05, 0) is 30.2 Å². The fourth-order valence-corrected chi connectivity index (χ4v) is 4.74. The summed E-state index contributed by atoms with van der Waals surface area (Å²) in [6.07, 6.45) is 1.46. The highest BCUT2D eigenvalue weighted by atomic mass is 35.5. The number of carboxylic acids is 1. The van der Waals surface area contributed by atoms with Crippen LogP contribution in [0.5, 0.6) is 0 Å². The monoisotopic (exact) mass is 436 g/mol. The lowest BCUT2D eigenvalue weighted by Gasteiger charge is -2.25. The molecule has 0 saturated carbocycles. The second kappa shape index (κ2) is 7.20. The molecule has 1 aromatic heterocycles. The maximum absolute atomic E-state index is 12.9. The molecule has 2 N–H and O–H groups in total. The molecule has 29 heavy (non-hydrogen) atoms. The number of benzene rings is 1. The number of ether oxygens (including phenoxy) is 1. The van der Waals surface area contributed by atoms with Gasteiger partial charge in [-0.3, -0.25) is 10.2 Å². The fourth-order valence-electron chi connectivity index (χ4n) is 3.92. The maximum atomic E-state index is 12.9. The van der Waals surface area contributed by atoms with E-state index in [1.807, 2.05) is 6.07 Å². The summed E-state index contributed by atoms with van der Waals surface area (Å²) in [6, 6.07) is 4.89. The third kappa shape index (κ3) is 3.38. The van der Waals surface area contributed by atoms with Gasteiger partial charge in [0, 0.05) is 35.8 Å². The Balaban J connectivity index is 1.61. The summed E-state index contributed by atoms with van der Waals surface area (Å²) in [7, 11) is 1.34. The molecule has 2 aliphatic rings. The molecule has 2 aliphatic heterocycles. The smallest absolute Gasteiger partial charge is 0.409 e. The molecule has 152 valence electrons. The molecule has 4 rings (SSSR count). The largest absolute Gasteiger partial charge is 0.477 e. The Labute approximate surface area is 174 Å². The van der Waals surface area contributed by atoms with E-state index in [-0.39, 0.29) is 10.0 Å². The summed E-state index contributed by atoms with van der Waals surface area (Å²) in [5.41, 5.74) is 1.16. The number of nitrogens with zero attached hydrogens (tertiary/aromatic N) is 3. The van der Waals surface area contributed by atoms with Gasteiger partial charge in [0.1, 0.15) is 4.88 Å². The van der Waals surface area contributed by atoms with Crippen LogP contribution >= 0.6 is 22.9 Å². The summed E-state index contributed by atoms with van der Waals surface area (Å²) in [4.78, 5) is 43.1. The van der Waals surface area contributed by atoms with Crippen molar-refractivity contribution in [3.8, 4) is 0 Å². The number of amides is 3. The van der Waals surface area contributed by atoms with Gasteiger partial charge in [-0.2, -0.15) is 0 Å². The molecule has 3 heterocycles. The van der Waals surface area contributed by atoms with Gasteiger partial charge >= 0.3 is 18.1 Å². The van der Waals surface area contributed by atoms with Gasteiger partial charge in [0.15, 0.2) is 5.13 Å². The van der Waals surface area contributed by atoms with E-state index in [0.29, 0.717) is 36.8 Å². The first-order chi connectivity index (χ1) is 13.8. The number of halogens is 1. The van der Waals surface area contributed by atoms with Crippen molar-refractivity contribution >= 4 is 51.9 Å². The van der Waals surface area contributed by atoms with Gasteiger partial charge in [0.2, 0.25) is 0 Å². The number of nitrogens with one attached hydrogen (secondary N) is 1. The number of carbonyl (C=O) groups excluding carboxylic acids is 2. The molecule has 1 aromatic carbocycles. The SMILES string of the molecule is COC(=O)N1CCC2(C1)CN(C(=O)Nc1ncc(C(=O)O)s1)c1ccc(Cl)cc12. The number of aromatic carboxylic acids is 1.